The molecule has 1 amide bonds. The van der Waals surface area contributed by atoms with Gasteiger partial charge in [0.15, 0.2) is 0 Å². The van der Waals surface area contributed by atoms with E-state index in [0.717, 1.165) is 0 Å². The van der Waals surface area contributed by atoms with E-state index in [1.54, 1.807) is 26.0 Å². The summed E-state index contributed by atoms with van der Waals surface area (Å²) < 4.78 is 18.5. The Labute approximate surface area is 146 Å². The minimum atomic E-state index is -0.376. The molecule has 0 spiro atoms. The normalized spacial score (nSPS) is 13.5. The molecular formula is C18H24FN3O3. The molecule has 7 heteroatoms. The highest BCUT2D eigenvalue weighted by Gasteiger charge is 2.13. The number of nitrogens with zero attached hydrogens (tertiary/aromatic N) is 2. The van der Waals surface area contributed by atoms with Crippen LogP contribution >= 0.6 is 0 Å². The summed E-state index contributed by atoms with van der Waals surface area (Å²) in [6.07, 6.45) is 0.846. The second kappa shape index (κ2) is 8.71. The molecule has 136 valence electrons. The number of halogens is 1. The lowest BCUT2D eigenvalue weighted by Crippen LogP contribution is -2.29. The minimum absolute atomic E-state index is 0.102. The lowest BCUT2D eigenvalue weighted by Gasteiger charge is -2.13. The molecule has 0 bridgehead atoms. The van der Waals surface area contributed by atoms with E-state index >= 15 is 0 Å². The van der Waals surface area contributed by atoms with Gasteiger partial charge in [-0.2, -0.15) is 4.98 Å². The molecule has 2 rings (SSSR count). The summed E-state index contributed by atoms with van der Waals surface area (Å²) in [5.41, 5.74) is 1.18. The molecule has 0 saturated heterocycles. The fraction of sp³-hybridized carbons (Fsp3) is 0.500. The Kier molecular flexibility index (Phi) is 6.64. The second-order valence-electron chi connectivity index (χ2n) is 6.47. The van der Waals surface area contributed by atoms with Crippen molar-refractivity contribution in [3.8, 4) is 11.4 Å². The highest BCUT2D eigenvalue weighted by atomic mass is 19.1. The van der Waals surface area contributed by atoms with Crippen molar-refractivity contribution >= 4 is 5.91 Å². The summed E-state index contributed by atoms with van der Waals surface area (Å²) in [5, 5.41) is 16.0. The molecule has 0 aliphatic heterocycles. The van der Waals surface area contributed by atoms with E-state index in [-0.39, 0.29) is 30.2 Å². The molecule has 1 aromatic heterocycles. The smallest absolute Gasteiger partial charge is 0.227 e. The molecule has 1 aromatic carbocycles. The second-order valence-corrected chi connectivity index (χ2v) is 6.47. The topological polar surface area (TPSA) is 88.2 Å². The van der Waals surface area contributed by atoms with E-state index in [2.05, 4.69) is 15.5 Å². The zero-order valence-electron chi connectivity index (χ0n) is 14.8. The van der Waals surface area contributed by atoms with E-state index < -0.39 is 0 Å². The van der Waals surface area contributed by atoms with E-state index in [0.29, 0.717) is 42.2 Å². The minimum Gasteiger partial charge on any atom is -0.393 e. The van der Waals surface area contributed by atoms with Gasteiger partial charge in [0, 0.05) is 24.9 Å². The highest BCUT2D eigenvalue weighted by Crippen LogP contribution is 2.19. The van der Waals surface area contributed by atoms with Gasteiger partial charge in [-0.25, -0.2) is 4.39 Å². The molecule has 6 nitrogen and oxygen atoms in total. The zero-order valence-corrected chi connectivity index (χ0v) is 14.8. The Morgan fingerprint density at radius 3 is 2.84 bits per heavy atom. The average molecular weight is 349 g/mol. The molecule has 2 aromatic rings. The van der Waals surface area contributed by atoms with Crippen molar-refractivity contribution in [2.75, 3.05) is 6.54 Å². The number of carbonyl (C=O) groups is 1. The van der Waals surface area contributed by atoms with Crippen molar-refractivity contribution in [3.63, 3.8) is 0 Å². The standard InChI is InChI=1S/C18H24FN3O3/c1-11(8-13(3)23)10-20-16(24)6-7-17-21-18(22-25-17)14-4-5-15(19)12(2)9-14/h4-5,9,11,13,23H,6-8,10H2,1-3H3,(H,20,24). The van der Waals surface area contributed by atoms with Gasteiger partial charge in [0.2, 0.25) is 17.6 Å². The van der Waals surface area contributed by atoms with Crippen molar-refractivity contribution in [1.82, 2.24) is 15.5 Å². The predicted molar refractivity (Wildman–Crippen MR) is 91.2 cm³/mol. The average Bonchev–Trinajstić information content (AvgIpc) is 3.02. The maximum Gasteiger partial charge on any atom is 0.227 e. The van der Waals surface area contributed by atoms with Gasteiger partial charge < -0.3 is 14.9 Å². The Hall–Kier alpha value is -2.28. The lowest BCUT2D eigenvalue weighted by atomic mass is 10.0. The summed E-state index contributed by atoms with van der Waals surface area (Å²) in [7, 11) is 0. The van der Waals surface area contributed by atoms with E-state index in [1.165, 1.54) is 6.07 Å². The van der Waals surface area contributed by atoms with Gasteiger partial charge in [-0.05, 0) is 49.9 Å². The molecule has 2 N–H and O–H groups in total. The summed E-state index contributed by atoms with van der Waals surface area (Å²) in [4.78, 5) is 16.1. The van der Waals surface area contributed by atoms with Crippen molar-refractivity contribution in [3.05, 3.63) is 35.5 Å². The van der Waals surface area contributed by atoms with Gasteiger partial charge in [-0.3, -0.25) is 4.79 Å². The van der Waals surface area contributed by atoms with Crippen molar-refractivity contribution in [2.45, 2.75) is 46.1 Å². The third kappa shape index (κ3) is 5.94. The number of nitrogens with one attached hydrogen (secondary N) is 1. The molecule has 0 aliphatic rings. The number of aryl methyl sites for hydroxylation is 2. The number of carbonyl (C=O) groups excluding carboxylic acids is 1. The maximum absolute atomic E-state index is 13.3. The SMILES string of the molecule is Cc1cc(-c2noc(CCC(=O)NCC(C)CC(C)O)n2)ccc1F. The molecule has 0 fully saturated rings. The van der Waals surface area contributed by atoms with Crippen LogP contribution in [0.25, 0.3) is 11.4 Å². The maximum atomic E-state index is 13.3. The number of aliphatic hydroxyl groups is 1. The molecule has 2 unspecified atom stereocenters. The fourth-order valence-corrected chi connectivity index (χ4v) is 2.52. The molecule has 1 heterocycles. The van der Waals surface area contributed by atoms with Gasteiger partial charge in [-0.15, -0.1) is 0 Å². The van der Waals surface area contributed by atoms with Crippen LogP contribution in [0.4, 0.5) is 4.39 Å². The fourth-order valence-electron chi connectivity index (χ4n) is 2.52. The predicted octanol–water partition coefficient (Wildman–Crippen LogP) is 2.64. The van der Waals surface area contributed by atoms with E-state index in [1.807, 2.05) is 6.92 Å². The van der Waals surface area contributed by atoms with Crippen molar-refractivity contribution in [2.24, 2.45) is 5.92 Å². The molecule has 25 heavy (non-hydrogen) atoms. The van der Waals surface area contributed by atoms with Crippen molar-refractivity contribution in [1.29, 1.82) is 0 Å². The van der Waals surface area contributed by atoms with Gasteiger partial charge in [0.1, 0.15) is 5.82 Å². The number of amides is 1. The summed E-state index contributed by atoms with van der Waals surface area (Å²) >= 11 is 0. The Morgan fingerprint density at radius 2 is 2.16 bits per heavy atom. The lowest BCUT2D eigenvalue weighted by molar-refractivity contribution is -0.121. The third-order valence-electron chi connectivity index (χ3n) is 3.84. The van der Waals surface area contributed by atoms with Gasteiger partial charge in [0.05, 0.1) is 6.10 Å². The first kappa shape index (κ1) is 19.1. The number of hydrogen-bond donors (Lipinski definition) is 2. The monoisotopic (exact) mass is 349 g/mol. The van der Waals surface area contributed by atoms with E-state index in [9.17, 15) is 14.3 Å². The van der Waals surface area contributed by atoms with Gasteiger partial charge in [0.25, 0.3) is 0 Å². The highest BCUT2D eigenvalue weighted by molar-refractivity contribution is 5.76. The summed E-state index contributed by atoms with van der Waals surface area (Å²) in [6, 6.07) is 4.61. The van der Waals surface area contributed by atoms with Crippen LogP contribution in [-0.2, 0) is 11.2 Å². The third-order valence-corrected chi connectivity index (χ3v) is 3.84. The number of benzene rings is 1. The zero-order chi connectivity index (χ0) is 18.4. The van der Waals surface area contributed by atoms with Gasteiger partial charge in [-0.1, -0.05) is 12.1 Å². The molecule has 2 atom stereocenters. The van der Waals surface area contributed by atoms with Gasteiger partial charge >= 0.3 is 0 Å². The van der Waals surface area contributed by atoms with Crippen LogP contribution in [0.15, 0.2) is 22.7 Å². The molecule has 0 saturated carbocycles. The number of rotatable bonds is 8. The molecular weight excluding hydrogens is 325 g/mol. The first-order valence-corrected chi connectivity index (χ1v) is 8.39. The van der Waals surface area contributed by atoms with Crippen LogP contribution in [0.1, 0.15) is 38.1 Å². The summed E-state index contributed by atoms with van der Waals surface area (Å²) in [5.74, 6) is 0.567. The first-order chi connectivity index (χ1) is 11.8. The molecule has 0 radical (unpaired) electrons. The van der Waals surface area contributed by atoms with Crippen LogP contribution in [0.2, 0.25) is 0 Å². The number of hydrogen-bond acceptors (Lipinski definition) is 5. The number of aliphatic hydroxyl groups excluding tert-OH is 1. The van der Waals surface area contributed by atoms with Crippen LogP contribution in [0, 0.1) is 18.7 Å². The van der Waals surface area contributed by atoms with Crippen LogP contribution in [0.5, 0.6) is 0 Å². The van der Waals surface area contributed by atoms with Crippen LogP contribution in [-0.4, -0.2) is 33.8 Å². The summed E-state index contributed by atoms with van der Waals surface area (Å²) in [6.45, 7) is 5.90. The Balaban J connectivity index is 1.83. The van der Waals surface area contributed by atoms with Crippen LogP contribution in [0.3, 0.4) is 0 Å². The largest absolute Gasteiger partial charge is 0.393 e. The molecule has 0 aliphatic carbocycles. The van der Waals surface area contributed by atoms with E-state index in [4.69, 9.17) is 4.52 Å². The Morgan fingerprint density at radius 1 is 1.40 bits per heavy atom. The quantitative estimate of drug-likeness (QED) is 0.765. The number of aromatic nitrogens is 2. The van der Waals surface area contributed by atoms with Crippen LogP contribution < -0.4 is 5.32 Å². The first-order valence-electron chi connectivity index (χ1n) is 8.39. The Bertz CT molecular complexity index is 715. The van der Waals surface area contributed by atoms with Crippen molar-refractivity contribution < 1.29 is 18.8 Å².